The number of phosphoric acid groups is 2. The van der Waals surface area contributed by atoms with Crippen molar-refractivity contribution in [3.8, 4) is 0 Å². The first-order valence-corrected chi connectivity index (χ1v) is 44.4. The topological polar surface area (TPSA) is 237 Å². The number of carbonyl (C=O) groups excluding carboxylic acids is 4. The zero-order valence-corrected chi connectivity index (χ0v) is 66.6. The van der Waals surface area contributed by atoms with Gasteiger partial charge in [-0.05, 0) is 57.3 Å². The van der Waals surface area contributed by atoms with E-state index in [0.717, 1.165) is 115 Å². The van der Waals surface area contributed by atoms with E-state index in [4.69, 9.17) is 37.0 Å². The number of ether oxygens (including phenoxy) is 4. The highest BCUT2D eigenvalue weighted by Crippen LogP contribution is 2.45. The molecule has 0 aliphatic heterocycles. The fourth-order valence-corrected chi connectivity index (χ4v) is 13.6. The largest absolute Gasteiger partial charge is 0.472 e. The van der Waals surface area contributed by atoms with Crippen molar-refractivity contribution in [3.63, 3.8) is 0 Å². The van der Waals surface area contributed by atoms with Gasteiger partial charge < -0.3 is 33.8 Å². The van der Waals surface area contributed by atoms with Crippen LogP contribution in [-0.2, 0) is 65.4 Å². The first-order chi connectivity index (χ1) is 48.5. The van der Waals surface area contributed by atoms with Gasteiger partial charge in [0.05, 0.1) is 26.4 Å². The number of rotatable bonds is 79. The van der Waals surface area contributed by atoms with Crippen LogP contribution in [0.15, 0.2) is 24.3 Å². The standard InChI is InChI=1S/C81H154O17P2/c1-6-9-12-15-18-21-24-27-30-31-32-33-34-36-39-42-45-52-57-62-67-81(86)97-76(70-91-78(83)64-59-54-49-43-40-38-35-28-25-22-19-16-13-10-7-2)72-95-99(87,88)93-68-75(82)69-94-100(89,90)96-73-77(71-92-79(84)65-60-55-50-47-46-48-53-58-63-74(4)5)98-80(85)66-61-56-51-44-41-37-29-26-23-20-17-14-11-8-3/h22,25,28,35,74-77,82H,6-21,23-24,26-27,29-34,36-73H2,1-5H3,(H,87,88)(H,89,90)/b25-22-,35-28-/t75-,76-,77-/m1/s1. The molecule has 0 fully saturated rings. The highest BCUT2D eigenvalue weighted by atomic mass is 31.2. The predicted octanol–water partition coefficient (Wildman–Crippen LogP) is 24.0. The van der Waals surface area contributed by atoms with Gasteiger partial charge in [-0.15, -0.1) is 0 Å². The highest BCUT2D eigenvalue weighted by Gasteiger charge is 2.30. The average Bonchev–Trinajstić information content (AvgIpc) is 0.952. The van der Waals surface area contributed by atoms with E-state index in [1.54, 1.807) is 0 Å². The van der Waals surface area contributed by atoms with Crippen LogP contribution in [0, 0.1) is 5.92 Å². The van der Waals surface area contributed by atoms with Gasteiger partial charge in [0.25, 0.3) is 0 Å². The van der Waals surface area contributed by atoms with E-state index in [0.29, 0.717) is 25.7 Å². The smallest absolute Gasteiger partial charge is 0.462 e. The van der Waals surface area contributed by atoms with Crippen molar-refractivity contribution in [2.45, 2.75) is 425 Å². The molecular weight excluding hydrogens is 1310 g/mol. The number of hydrogen-bond acceptors (Lipinski definition) is 15. The molecule has 0 spiro atoms. The molecule has 100 heavy (non-hydrogen) atoms. The molecule has 19 heteroatoms. The maximum atomic E-state index is 13.1. The van der Waals surface area contributed by atoms with E-state index >= 15 is 0 Å². The highest BCUT2D eigenvalue weighted by molar-refractivity contribution is 7.47. The van der Waals surface area contributed by atoms with Crippen LogP contribution < -0.4 is 0 Å². The summed E-state index contributed by atoms with van der Waals surface area (Å²) in [5.74, 6) is -1.41. The lowest BCUT2D eigenvalue weighted by molar-refractivity contribution is -0.161. The van der Waals surface area contributed by atoms with Gasteiger partial charge in [0.15, 0.2) is 12.2 Å². The van der Waals surface area contributed by atoms with Gasteiger partial charge in [0.2, 0.25) is 0 Å². The Hall–Kier alpha value is -2.46. The summed E-state index contributed by atoms with van der Waals surface area (Å²) in [5.41, 5.74) is 0. The van der Waals surface area contributed by atoms with Gasteiger partial charge in [-0.3, -0.25) is 37.3 Å². The van der Waals surface area contributed by atoms with E-state index in [9.17, 15) is 43.2 Å². The Kier molecular flexibility index (Phi) is 71.6. The summed E-state index contributed by atoms with van der Waals surface area (Å²) in [4.78, 5) is 73.0. The van der Waals surface area contributed by atoms with Crippen LogP contribution in [0.3, 0.4) is 0 Å². The zero-order chi connectivity index (χ0) is 73.4. The van der Waals surface area contributed by atoms with E-state index in [2.05, 4.69) is 58.9 Å². The maximum Gasteiger partial charge on any atom is 0.472 e. The Balaban J connectivity index is 5.27. The van der Waals surface area contributed by atoms with Crippen LogP contribution in [0.1, 0.15) is 407 Å². The summed E-state index contributed by atoms with van der Waals surface area (Å²) in [6, 6.07) is 0. The Morgan fingerprint density at radius 2 is 0.540 bits per heavy atom. The van der Waals surface area contributed by atoms with Crippen molar-refractivity contribution in [1.29, 1.82) is 0 Å². The molecule has 0 saturated heterocycles. The third kappa shape index (κ3) is 73.8. The second kappa shape index (κ2) is 73.4. The number of phosphoric ester groups is 2. The molecule has 0 aliphatic carbocycles. The quantitative estimate of drug-likeness (QED) is 0.0169. The summed E-state index contributed by atoms with van der Waals surface area (Å²) < 4.78 is 68.7. The van der Waals surface area contributed by atoms with Crippen molar-refractivity contribution in [2.24, 2.45) is 5.92 Å². The maximum absolute atomic E-state index is 13.1. The average molecular weight is 1460 g/mol. The Morgan fingerprint density at radius 3 is 0.820 bits per heavy atom. The minimum absolute atomic E-state index is 0.102. The number of aliphatic hydroxyl groups is 1. The molecule has 0 amide bonds. The van der Waals surface area contributed by atoms with Crippen LogP contribution in [0.4, 0.5) is 0 Å². The number of carbonyl (C=O) groups is 4. The van der Waals surface area contributed by atoms with Gasteiger partial charge in [0.1, 0.15) is 19.3 Å². The fourth-order valence-electron chi connectivity index (χ4n) is 12.0. The first kappa shape index (κ1) is 97.5. The summed E-state index contributed by atoms with van der Waals surface area (Å²) in [7, 11) is -9.93. The molecule has 590 valence electrons. The van der Waals surface area contributed by atoms with Crippen molar-refractivity contribution >= 4 is 39.5 Å². The van der Waals surface area contributed by atoms with Crippen molar-refractivity contribution < 1.29 is 80.2 Å². The van der Waals surface area contributed by atoms with Crippen molar-refractivity contribution in [2.75, 3.05) is 39.6 Å². The third-order valence-corrected chi connectivity index (χ3v) is 20.3. The van der Waals surface area contributed by atoms with Crippen LogP contribution in [0.25, 0.3) is 0 Å². The van der Waals surface area contributed by atoms with Gasteiger partial charge in [-0.1, -0.05) is 354 Å². The molecule has 0 bridgehead atoms. The minimum Gasteiger partial charge on any atom is -0.462 e. The molecule has 5 atom stereocenters. The van der Waals surface area contributed by atoms with E-state index < -0.39 is 97.5 Å². The number of esters is 4. The van der Waals surface area contributed by atoms with Crippen LogP contribution in [0.2, 0.25) is 0 Å². The van der Waals surface area contributed by atoms with Crippen molar-refractivity contribution in [1.82, 2.24) is 0 Å². The number of unbranched alkanes of at least 4 members (excludes halogenated alkanes) is 48. The third-order valence-electron chi connectivity index (χ3n) is 18.4. The zero-order valence-electron chi connectivity index (χ0n) is 64.8. The van der Waals surface area contributed by atoms with E-state index in [1.807, 2.05) is 0 Å². The van der Waals surface area contributed by atoms with Gasteiger partial charge in [-0.2, -0.15) is 0 Å². The number of hydrogen-bond donors (Lipinski definition) is 3. The Labute approximate surface area is 612 Å². The summed E-state index contributed by atoms with van der Waals surface area (Å²) in [5, 5.41) is 10.6. The number of aliphatic hydroxyl groups excluding tert-OH is 1. The number of allylic oxidation sites excluding steroid dienone is 4. The van der Waals surface area contributed by atoms with Crippen LogP contribution in [-0.4, -0.2) is 96.7 Å². The second-order valence-electron chi connectivity index (χ2n) is 29.0. The minimum atomic E-state index is -4.97. The molecule has 3 N–H and O–H groups in total. The molecule has 0 aliphatic rings. The molecule has 0 aromatic carbocycles. The summed E-state index contributed by atoms with van der Waals surface area (Å²) >= 11 is 0. The Morgan fingerprint density at radius 1 is 0.310 bits per heavy atom. The van der Waals surface area contributed by atoms with Gasteiger partial charge in [0, 0.05) is 25.7 Å². The van der Waals surface area contributed by atoms with Crippen molar-refractivity contribution in [3.05, 3.63) is 24.3 Å². The molecule has 0 radical (unpaired) electrons. The normalized spacial score (nSPS) is 14.0. The summed E-state index contributed by atoms with van der Waals surface area (Å²) in [6.45, 7) is 7.23. The molecule has 2 unspecified atom stereocenters. The molecule has 0 rings (SSSR count). The lowest BCUT2D eigenvalue weighted by atomic mass is 10.0. The summed E-state index contributed by atoms with van der Waals surface area (Å²) in [6.07, 6.45) is 67.4. The van der Waals surface area contributed by atoms with E-state index in [1.165, 1.54) is 212 Å². The van der Waals surface area contributed by atoms with Gasteiger partial charge in [-0.25, -0.2) is 9.13 Å². The SMILES string of the molecule is CCCCCC/C=C\C=C/CCCCCCCC(=O)OC[C@H](COP(=O)(O)OC[C@@H](O)COP(=O)(O)OC[C@@H](COC(=O)CCCCCCCCCCC(C)C)OC(=O)CCCCCCCCCCCCCCCC)OC(=O)CCCCCCCCCCCCCCCCCCCCCC. The molecular formula is C81H154O17P2. The van der Waals surface area contributed by atoms with Crippen LogP contribution >= 0.6 is 15.6 Å². The molecule has 0 heterocycles. The Bertz CT molecular complexity index is 2000. The lowest BCUT2D eigenvalue weighted by Gasteiger charge is -2.21. The van der Waals surface area contributed by atoms with Gasteiger partial charge >= 0.3 is 39.5 Å². The molecule has 0 aromatic heterocycles. The monoisotopic (exact) mass is 1460 g/mol. The first-order valence-electron chi connectivity index (χ1n) is 41.5. The fraction of sp³-hybridized carbons (Fsp3) is 0.901. The molecule has 0 aromatic rings. The van der Waals surface area contributed by atoms with E-state index in [-0.39, 0.29) is 25.7 Å². The molecule has 17 nitrogen and oxygen atoms in total. The molecule has 0 saturated carbocycles. The van der Waals surface area contributed by atoms with Crippen LogP contribution in [0.5, 0.6) is 0 Å². The lowest BCUT2D eigenvalue weighted by Crippen LogP contribution is -2.30. The predicted molar refractivity (Wildman–Crippen MR) is 409 cm³/mol. The second-order valence-corrected chi connectivity index (χ2v) is 31.9.